The molecule has 5 heteroatoms. The van der Waals surface area contributed by atoms with Crippen LogP contribution in [0.15, 0.2) is 18.3 Å². The summed E-state index contributed by atoms with van der Waals surface area (Å²) in [4.78, 5) is 26.6. The van der Waals surface area contributed by atoms with E-state index in [4.69, 9.17) is 5.11 Å². The zero-order valence-electron chi connectivity index (χ0n) is 10.2. The first kappa shape index (κ1) is 13.2. The quantitative estimate of drug-likeness (QED) is 0.835. The maximum atomic E-state index is 11.7. The zero-order valence-corrected chi connectivity index (χ0v) is 10.2. The molecule has 0 spiro atoms. The van der Waals surface area contributed by atoms with Crippen LogP contribution in [-0.2, 0) is 9.59 Å². The molecule has 0 radical (unpaired) electrons. The molecule has 0 aliphatic carbocycles. The number of rotatable bonds is 4. The Bertz CT molecular complexity index is 441. The first-order chi connectivity index (χ1) is 7.83. The fraction of sp³-hybridized carbons (Fsp3) is 0.417. The number of aliphatic carboxylic acids is 1. The van der Waals surface area contributed by atoms with Gasteiger partial charge in [0, 0.05) is 12.6 Å². The Morgan fingerprint density at radius 2 is 2.12 bits per heavy atom. The molecule has 1 amide bonds. The minimum Gasteiger partial charge on any atom is -0.481 e. The molecular weight excluding hydrogens is 220 g/mol. The Hall–Kier alpha value is -1.91. The van der Waals surface area contributed by atoms with Crippen LogP contribution in [0.2, 0.25) is 0 Å². The van der Waals surface area contributed by atoms with Gasteiger partial charge in [-0.05, 0) is 32.9 Å². The average molecular weight is 236 g/mol. The van der Waals surface area contributed by atoms with E-state index in [1.165, 1.54) is 13.8 Å². The highest BCUT2D eigenvalue weighted by atomic mass is 16.4. The normalized spacial score (nSPS) is 11.0. The predicted octanol–water partition coefficient (Wildman–Crippen LogP) is 1.83. The molecular formula is C12H16N2O3. The molecule has 17 heavy (non-hydrogen) atoms. The Labute approximate surface area is 99.9 Å². The van der Waals surface area contributed by atoms with Crippen molar-refractivity contribution in [2.24, 2.45) is 5.41 Å². The van der Waals surface area contributed by atoms with Crippen LogP contribution in [0.3, 0.4) is 0 Å². The van der Waals surface area contributed by atoms with E-state index in [-0.39, 0.29) is 12.3 Å². The number of carbonyl (C=O) groups is 2. The lowest BCUT2D eigenvalue weighted by Crippen LogP contribution is -2.29. The van der Waals surface area contributed by atoms with Crippen molar-refractivity contribution in [1.82, 2.24) is 4.98 Å². The fourth-order valence-electron chi connectivity index (χ4n) is 1.29. The van der Waals surface area contributed by atoms with Gasteiger partial charge >= 0.3 is 5.97 Å². The third-order valence-corrected chi connectivity index (χ3v) is 2.46. The van der Waals surface area contributed by atoms with Gasteiger partial charge in [0.2, 0.25) is 5.91 Å². The van der Waals surface area contributed by atoms with Gasteiger partial charge in [-0.25, -0.2) is 0 Å². The molecule has 0 aromatic carbocycles. The van der Waals surface area contributed by atoms with Gasteiger partial charge in [-0.15, -0.1) is 0 Å². The molecule has 92 valence electrons. The Morgan fingerprint density at radius 3 is 2.65 bits per heavy atom. The number of nitrogens with one attached hydrogen (secondary N) is 1. The molecule has 0 saturated carbocycles. The van der Waals surface area contributed by atoms with Crippen molar-refractivity contribution >= 4 is 17.6 Å². The molecule has 2 N–H and O–H groups in total. The van der Waals surface area contributed by atoms with Crippen LogP contribution in [0.4, 0.5) is 5.69 Å². The summed E-state index contributed by atoms with van der Waals surface area (Å²) >= 11 is 0. The van der Waals surface area contributed by atoms with E-state index in [1.807, 2.05) is 0 Å². The largest absolute Gasteiger partial charge is 0.481 e. The fourth-order valence-corrected chi connectivity index (χ4v) is 1.29. The van der Waals surface area contributed by atoms with Gasteiger partial charge in [0.1, 0.15) is 0 Å². The molecule has 1 rings (SSSR count). The minimum absolute atomic E-state index is 0.0728. The standard InChI is InChI=1S/C12H16N2O3/c1-8-9(5-4-6-13-8)14-10(15)7-12(2,3)11(16)17/h4-6H,7H2,1-3H3,(H,14,15)(H,16,17). The van der Waals surface area contributed by atoms with Crippen LogP contribution < -0.4 is 5.32 Å². The molecule has 0 fully saturated rings. The van der Waals surface area contributed by atoms with Gasteiger partial charge in [-0.2, -0.15) is 0 Å². The van der Waals surface area contributed by atoms with Crippen molar-refractivity contribution in [3.63, 3.8) is 0 Å². The number of hydrogen-bond acceptors (Lipinski definition) is 3. The minimum atomic E-state index is -1.07. The molecule has 1 aromatic heterocycles. The molecule has 0 atom stereocenters. The van der Waals surface area contributed by atoms with Crippen molar-refractivity contribution in [3.8, 4) is 0 Å². The van der Waals surface area contributed by atoms with E-state index in [0.717, 1.165) is 0 Å². The van der Waals surface area contributed by atoms with Crippen molar-refractivity contribution in [1.29, 1.82) is 0 Å². The van der Waals surface area contributed by atoms with Crippen molar-refractivity contribution < 1.29 is 14.7 Å². The summed E-state index contributed by atoms with van der Waals surface area (Å²) in [7, 11) is 0. The van der Waals surface area contributed by atoms with Crippen LogP contribution >= 0.6 is 0 Å². The second-order valence-corrected chi connectivity index (χ2v) is 4.55. The number of amides is 1. The second kappa shape index (κ2) is 4.95. The summed E-state index contributed by atoms with van der Waals surface area (Å²) in [5.74, 6) is -1.32. The van der Waals surface area contributed by atoms with Gasteiger partial charge < -0.3 is 10.4 Å². The van der Waals surface area contributed by atoms with E-state index in [2.05, 4.69) is 10.3 Å². The molecule has 0 aliphatic heterocycles. The van der Waals surface area contributed by atoms with Crippen LogP contribution in [0, 0.1) is 12.3 Å². The summed E-state index contributed by atoms with van der Waals surface area (Å²) in [6.45, 7) is 4.81. The first-order valence-corrected chi connectivity index (χ1v) is 5.28. The lowest BCUT2D eigenvalue weighted by Gasteiger charge is -2.18. The maximum Gasteiger partial charge on any atom is 0.309 e. The number of hydrogen-bond donors (Lipinski definition) is 2. The van der Waals surface area contributed by atoms with Crippen LogP contribution in [-0.4, -0.2) is 22.0 Å². The monoisotopic (exact) mass is 236 g/mol. The Balaban J connectivity index is 2.69. The number of aryl methyl sites for hydroxylation is 1. The van der Waals surface area contributed by atoms with E-state index in [1.54, 1.807) is 25.3 Å². The summed E-state index contributed by atoms with van der Waals surface area (Å²) in [5.41, 5.74) is 0.243. The van der Waals surface area contributed by atoms with Gasteiger partial charge in [0.15, 0.2) is 0 Å². The molecule has 0 saturated heterocycles. The molecule has 0 unspecified atom stereocenters. The zero-order chi connectivity index (χ0) is 13.1. The topological polar surface area (TPSA) is 79.3 Å². The lowest BCUT2D eigenvalue weighted by molar-refractivity contribution is -0.148. The molecule has 5 nitrogen and oxygen atoms in total. The van der Waals surface area contributed by atoms with Crippen molar-refractivity contribution in [3.05, 3.63) is 24.0 Å². The van der Waals surface area contributed by atoms with Gasteiger partial charge in [0.05, 0.1) is 16.8 Å². The maximum absolute atomic E-state index is 11.7. The molecule has 1 aromatic rings. The lowest BCUT2D eigenvalue weighted by atomic mass is 9.89. The van der Waals surface area contributed by atoms with E-state index in [0.29, 0.717) is 11.4 Å². The van der Waals surface area contributed by atoms with Gasteiger partial charge in [-0.3, -0.25) is 14.6 Å². The molecule has 0 bridgehead atoms. The number of pyridine rings is 1. The summed E-state index contributed by atoms with van der Waals surface area (Å²) in [6, 6.07) is 3.44. The Morgan fingerprint density at radius 1 is 1.47 bits per heavy atom. The number of carboxylic acids is 1. The van der Waals surface area contributed by atoms with E-state index >= 15 is 0 Å². The highest BCUT2D eigenvalue weighted by molar-refractivity contribution is 5.94. The average Bonchev–Trinajstić information content (AvgIpc) is 2.20. The second-order valence-electron chi connectivity index (χ2n) is 4.55. The molecule has 1 heterocycles. The predicted molar refractivity (Wildman–Crippen MR) is 63.6 cm³/mol. The Kier molecular flexibility index (Phi) is 3.83. The highest BCUT2D eigenvalue weighted by Gasteiger charge is 2.30. The molecule has 0 aliphatic rings. The number of carboxylic acid groups (broad SMARTS) is 1. The van der Waals surface area contributed by atoms with E-state index < -0.39 is 11.4 Å². The summed E-state index contributed by atoms with van der Waals surface area (Å²) in [5, 5.41) is 11.6. The number of anilines is 1. The number of nitrogens with zero attached hydrogens (tertiary/aromatic N) is 1. The third-order valence-electron chi connectivity index (χ3n) is 2.46. The number of aromatic nitrogens is 1. The van der Waals surface area contributed by atoms with E-state index in [9.17, 15) is 9.59 Å². The SMILES string of the molecule is Cc1ncccc1NC(=O)CC(C)(C)C(=O)O. The smallest absolute Gasteiger partial charge is 0.309 e. The first-order valence-electron chi connectivity index (χ1n) is 5.28. The van der Waals surface area contributed by atoms with Crippen LogP contribution in [0.1, 0.15) is 26.0 Å². The van der Waals surface area contributed by atoms with Crippen molar-refractivity contribution in [2.45, 2.75) is 27.2 Å². The van der Waals surface area contributed by atoms with Gasteiger partial charge in [0.25, 0.3) is 0 Å². The van der Waals surface area contributed by atoms with Gasteiger partial charge in [-0.1, -0.05) is 0 Å². The van der Waals surface area contributed by atoms with Crippen LogP contribution in [0.25, 0.3) is 0 Å². The van der Waals surface area contributed by atoms with Crippen LogP contribution in [0.5, 0.6) is 0 Å². The summed E-state index contributed by atoms with van der Waals surface area (Å²) < 4.78 is 0. The number of carbonyl (C=O) groups excluding carboxylic acids is 1. The summed E-state index contributed by atoms with van der Waals surface area (Å²) in [6.07, 6.45) is 1.56. The third kappa shape index (κ3) is 3.55. The van der Waals surface area contributed by atoms with Crippen molar-refractivity contribution in [2.75, 3.05) is 5.32 Å². The highest BCUT2D eigenvalue weighted by Crippen LogP contribution is 2.21.